The van der Waals surface area contributed by atoms with Crippen LogP contribution in [-0.2, 0) is 54.5 Å². The van der Waals surface area contributed by atoms with Crippen LogP contribution in [0.25, 0.3) is 22.3 Å². The molecule has 1 spiro atoms. The molecule has 7 rings (SSSR count). The third kappa shape index (κ3) is 7.56. The molecule has 4 aromatic rings. The summed E-state index contributed by atoms with van der Waals surface area (Å²) in [7, 11) is -8.54. The highest BCUT2D eigenvalue weighted by Gasteiger charge is 2.56. The number of aryl methyl sites for hydroxylation is 2. The number of nitrogens with one attached hydrogen (secondary N) is 1. The Morgan fingerprint density at radius 1 is 0.607 bits per heavy atom. The maximum atomic E-state index is 15.5. The van der Waals surface area contributed by atoms with Crippen LogP contribution < -0.4 is 23.0 Å². The van der Waals surface area contributed by atoms with Gasteiger partial charge < -0.3 is 18.5 Å². The molecule has 330 valence electrons. The molecule has 61 heavy (non-hydrogen) atoms. The molecule has 2 aliphatic carbocycles. The Morgan fingerprint density at radius 2 is 0.934 bits per heavy atom. The zero-order valence-electron chi connectivity index (χ0n) is 37.8. The van der Waals surface area contributed by atoms with Crippen LogP contribution in [0.2, 0.25) is 0 Å². The summed E-state index contributed by atoms with van der Waals surface area (Å²) in [4.78, 5) is 0. The number of alkyl halides is 3. The highest BCUT2D eigenvalue weighted by atomic mass is 32.2. The van der Waals surface area contributed by atoms with E-state index in [0.717, 1.165) is 33.4 Å². The number of ether oxygens (including phenoxy) is 2. The van der Waals surface area contributed by atoms with Gasteiger partial charge in [-0.1, -0.05) is 112 Å². The summed E-state index contributed by atoms with van der Waals surface area (Å²) in [6.45, 7) is 24.8. The van der Waals surface area contributed by atoms with E-state index < -0.39 is 50.4 Å². The van der Waals surface area contributed by atoms with E-state index in [1.54, 1.807) is 14.2 Å². The average Bonchev–Trinajstić information content (AvgIpc) is 3.68. The number of rotatable bonds is 6. The van der Waals surface area contributed by atoms with Crippen LogP contribution in [0.5, 0.6) is 23.0 Å². The normalized spacial score (nSPS) is 17.1. The lowest BCUT2D eigenvalue weighted by Crippen LogP contribution is -2.37. The fraction of sp³-hybridized carbons (Fsp3) is 0.500. The summed E-state index contributed by atoms with van der Waals surface area (Å²) in [6.07, 6.45) is 2.45. The van der Waals surface area contributed by atoms with Crippen LogP contribution >= 0.6 is 7.75 Å². The van der Waals surface area contributed by atoms with Gasteiger partial charge in [-0.05, 0) is 93.9 Å². The molecule has 0 bridgehead atoms. The minimum absolute atomic E-state index is 0.0338. The van der Waals surface area contributed by atoms with E-state index in [4.69, 9.17) is 18.5 Å². The van der Waals surface area contributed by atoms with Gasteiger partial charge in [0, 0.05) is 49.9 Å². The third-order valence-electron chi connectivity index (χ3n) is 12.5. The maximum absolute atomic E-state index is 15.5. The largest absolute Gasteiger partial charge is 0.526 e. The standard InChI is InChI=1S/C48H59F3NO7PS/c1-43(2,3)33-23-29(24-34(41(33)56-13)44(4,5)6)31-17-15-27-19-21-47-22-20-28-16-18-32(30-25-35(45(7,8)9)42(57-14)36(26-30)46(10,11)12)40(38(28)47)59-60(53,58-39(31)37(27)47)52-61(54,55)48(49,50)51/h15-18,23-26H,19-22H2,1-14H3,(H,52,53). The van der Waals surface area contributed by atoms with Crippen molar-refractivity contribution in [1.82, 2.24) is 4.49 Å². The predicted molar refractivity (Wildman–Crippen MR) is 236 cm³/mol. The van der Waals surface area contributed by atoms with E-state index in [1.165, 1.54) is 4.49 Å². The van der Waals surface area contributed by atoms with Gasteiger partial charge in [-0.3, -0.25) is 0 Å². The molecule has 0 amide bonds. The lowest BCUT2D eigenvalue weighted by atomic mass is 9.73. The molecule has 0 saturated carbocycles. The SMILES string of the molecule is COc1c(C(C)(C)C)cc(-c2ccc3c4c2OP(=O)(NS(=O)(=O)C(F)(F)F)Oc2c(-c5cc(C(C)(C)C)c(OC)c(C(C)(C)C)c5)ccc5c2C4(CC3)CC5)cc1C(C)(C)C. The molecule has 1 N–H and O–H groups in total. The number of methoxy groups -OCH3 is 2. The third-order valence-corrected chi connectivity index (χ3v) is 15.8. The minimum Gasteiger partial charge on any atom is -0.496 e. The number of halogens is 3. The molecule has 13 heteroatoms. The summed E-state index contributed by atoms with van der Waals surface area (Å²) in [6, 6.07) is 15.5. The van der Waals surface area contributed by atoms with E-state index in [9.17, 15) is 21.6 Å². The van der Waals surface area contributed by atoms with E-state index in [2.05, 4.69) is 83.1 Å². The van der Waals surface area contributed by atoms with Crippen molar-refractivity contribution in [2.45, 2.75) is 141 Å². The Hall–Kier alpha value is -3.99. The van der Waals surface area contributed by atoms with Crippen molar-refractivity contribution < 1.29 is 44.7 Å². The monoisotopic (exact) mass is 881 g/mol. The van der Waals surface area contributed by atoms with Crippen molar-refractivity contribution in [3.05, 3.63) is 93.0 Å². The molecule has 0 aromatic heterocycles. The highest BCUT2D eigenvalue weighted by Crippen LogP contribution is 2.66. The second-order valence-corrected chi connectivity index (χ2v) is 24.5. The van der Waals surface area contributed by atoms with Gasteiger partial charge in [0.25, 0.3) is 0 Å². The number of hydrogen-bond donors (Lipinski definition) is 1. The summed E-state index contributed by atoms with van der Waals surface area (Å²) >= 11 is 0. The lowest BCUT2D eigenvalue weighted by molar-refractivity contribution is -0.0443. The van der Waals surface area contributed by atoms with Crippen LogP contribution in [0.1, 0.15) is 140 Å². The molecule has 0 fully saturated rings. The van der Waals surface area contributed by atoms with Crippen molar-refractivity contribution in [2.24, 2.45) is 0 Å². The molecule has 8 nitrogen and oxygen atoms in total. The molecule has 1 heterocycles. The first-order chi connectivity index (χ1) is 27.9. The van der Waals surface area contributed by atoms with Gasteiger partial charge in [0.05, 0.1) is 14.2 Å². The second kappa shape index (κ2) is 14.3. The highest BCUT2D eigenvalue weighted by molar-refractivity contribution is 7.95. The number of benzene rings is 4. The molecule has 1 aliphatic heterocycles. The lowest BCUT2D eigenvalue weighted by Gasteiger charge is -2.36. The molecular formula is C48H59F3NO7PS. The first kappa shape index (κ1) is 45.0. The van der Waals surface area contributed by atoms with Gasteiger partial charge in [-0.25, -0.2) is 13.0 Å². The second-order valence-electron chi connectivity index (χ2n) is 21.0. The molecule has 4 aromatic carbocycles. The van der Waals surface area contributed by atoms with Crippen LogP contribution in [0.4, 0.5) is 13.2 Å². The summed E-state index contributed by atoms with van der Waals surface area (Å²) in [5, 5.41) is 0. The van der Waals surface area contributed by atoms with Gasteiger partial charge in [0.15, 0.2) is 0 Å². The van der Waals surface area contributed by atoms with Crippen molar-refractivity contribution in [2.75, 3.05) is 14.2 Å². The van der Waals surface area contributed by atoms with E-state index >= 15 is 4.57 Å². The fourth-order valence-corrected chi connectivity index (χ4v) is 12.3. The Kier molecular flexibility index (Phi) is 10.5. The van der Waals surface area contributed by atoms with Crippen molar-refractivity contribution in [3.8, 4) is 45.3 Å². The van der Waals surface area contributed by atoms with Crippen LogP contribution in [0.3, 0.4) is 0 Å². The van der Waals surface area contributed by atoms with Gasteiger partial charge in [-0.2, -0.15) is 13.2 Å². The predicted octanol–water partition coefficient (Wildman–Crippen LogP) is 12.7. The quantitative estimate of drug-likeness (QED) is 0.193. The van der Waals surface area contributed by atoms with Crippen molar-refractivity contribution in [3.63, 3.8) is 0 Å². The molecule has 0 unspecified atom stereocenters. The van der Waals surface area contributed by atoms with E-state index in [1.807, 2.05) is 48.5 Å². The summed E-state index contributed by atoms with van der Waals surface area (Å²) in [5.41, 5.74) is 0.596. The van der Waals surface area contributed by atoms with E-state index in [0.29, 0.717) is 70.6 Å². The summed E-state index contributed by atoms with van der Waals surface area (Å²) in [5.74, 6) is 1.49. The first-order valence-electron chi connectivity index (χ1n) is 20.8. The zero-order chi connectivity index (χ0) is 45.3. The Morgan fingerprint density at radius 3 is 1.21 bits per heavy atom. The molecular weight excluding hydrogens is 823 g/mol. The maximum Gasteiger partial charge on any atom is 0.526 e. The number of hydrogen-bond acceptors (Lipinski definition) is 7. The van der Waals surface area contributed by atoms with Crippen LogP contribution in [0, 0.1) is 0 Å². The fourth-order valence-electron chi connectivity index (χ4n) is 9.54. The smallest absolute Gasteiger partial charge is 0.496 e. The van der Waals surface area contributed by atoms with Gasteiger partial charge in [-0.15, -0.1) is 0 Å². The zero-order valence-corrected chi connectivity index (χ0v) is 39.5. The van der Waals surface area contributed by atoms with Crippen LogP contribution in [0.15, 0.2) is 48.5 Å². The Balaban J connectivity index is 1.61. The topological polar surface area (TPSA) is 100 Å². The molecule has 3 aliphatic rings. The summed E-state index contributed by atoms with van der Waals surface area (Å²) < 4.78 is 111. The van der Waals surface area contributed by atoms with Crippen LogP contribution in [-0.4, -0.2) is 28.1 Å². The first-order valence-corrected chi connectivity index (χ1v) is 23.8. The Labute approximate surface area is 359 Å². The van der Waals surface area contributed by atoms with E-state index in [-0.39, 0.29) is 11.5 Å². The van der Waals surface area contributed by atoms with Crippen molar-refractivity contribution >= 4 is 17.8 Å². The minimum atomic E-state index is -6.28. The molecule has 0 atom stereocenters. The molecule has 0 saturated heterocycles. The Bertz CT molecular complexity index is 2400. The number of sulfonamides is 1. The average molecular weight is 882 g/mol. The van der Waals surface area contributed by atoms with Crippen molar-refractivity contribution in [1.29, 1.82) is 0 Å². The van der Waals surface area contributed by atoms with Gasteiger partial charge >= 0.3 is 23.3 Å². The van der Waals surface area contributed by atoms with Gasteiger partial charge in [0.1, 0.15) is 23.0 Å². The molecule has 0 radical (unpaired) electrons. The van der Waals surface area contributed by atoms with Gasteiger partial charge in [0.2, 0.25) is 0 Å².